The zero-order valence-corrected chi connectivity index (χ0v) is 15.4. The lowest BCUT2D eigenvalue weighted by molar-refractivity contribution is 0.0636. The fourth-order valence-corrected chi connectivity index (χ4v) is 2.96. The summed E-state index contributed by atoms with van der Waals surface area (Å²) in [6.07, 6.45) is 1.28. The van der Waals surface area contributed by atoms with Crippen molar-refractivity contribution in [2.24, 2.45) is 0 Å². The van der Waals surface area contributed by atoms with E-state index in [-0.39, 0.29) is 0 Å². The van der Waals surface area contributed by atoms with E-state index < -0.39 is 11.7 Å². The van der Waals surface area contributed by atoms with Crippen LogP contribution in [0.25, 0.3) is 28.1 Å². The molecule has 0 spiro atoms. The minimum atomic E-state index is -0.533. The first-order valence-corrected chi connectivity index (χ1v) is 8.73. The van der Waals surface area contributed by atoms with Crippen LogP contribution in [0.4, 0.5) is 10.5 Å². The van der Waals surface area contributed by atoms with Crippen molar-refractivity contribution in [1.82, 2.24) is 14.4 Å². The Morgan fingerprint density at radius 1 is 1.04 bits per heavy atom. The zero-order chi connectivity index (χ0) is 19.0. The maximum Gasteiger partial charge on any atom is 0.412 e. The van der Waals surface area contributed by atoms with E-state index in [9.17, 15) is 4.79 Å². The number of carbonyl (C=O) groups excluding carboxylic acids is 1. The summed E-state index contributed by atoms with van der Waals surface area (Å²) in [4.78, 5) is 20.9. The molecule has 1 amide bonds. The van der Waals surface area contributed by atoms with Gasteiger partial charge in [0.1, 0.15) is 5.60 Å². The number of benzene rings is 2. The van der Waals surface area contributed by atoms with Gasteiger partial charge < -0.3 is 4.74 Å². The molecule has 0 unspecified atom stereocenters. The monoisotopic (exact) mass is 360 g/mol. The van der Waals surface area contributed by atoms with Crippen LogP contribution in [0.2, 0.25) is 0 Å². The lowest BCUT2D eigenvalue weighted by Crippen LogP contribution is -2.27. The Labute approximate surface area is 156 Å². The summed E-state index contributed by atoms with van der Waals surface area (Å²) in [6, 6.07) is 17.5. The van der Waals surface area contributed by atoms with E-state index in [4.69, 9.17) is 4.74 Å². The summed E-state index contributed by atoms with van der Waals surface area (Å²) < 4.78 is 7.31. The lowest BCUT2D eigenvalue weighted by Gasteiger charge is -2.19. The molecule has 136 valence electrons. The molecule has 2 heterocycles. The van der Waals surface area contributed by atoms with Crippen LogP contribution in [0.3, 0.4) is 0 Å². The molecule has 27 heavy (non-hydrogen) atoms. The minimum Gasteiger partial charge on any atom is -0.444 e. The highest BCUT2D eigenvalue weighted by atomic mass is 16.6. The second-order valence-corrected chi connectivity index (χ2v) is 7.27. The number of rotatable bonds is 2. The molecular weight excluding hydrogens is 340 g/mol. The number of nitrogens with one attached hydrogen (secondary N) is 1. The van der Waals surface area contributed by atoms with E-state index >= 15 is 0 Å². The van der Waals surface area contributed by atoms with Crippen LogP contribution in [0.15, 0.2) is 60.8 Å². The fraction of sp³-hybridized carbons (Fsp3) is 0.190. The first-order chi connectivity index (χ1) is 12.9. The highest BCUT2D eigenvalue weighted by molar-refractivity contribution is 5.86. The number of aromatic nitrogens is 3. The number of fused-ring (bicyclic) bond motifs is 3. The van der Waals surface area contributed by atoms with E-state index in [0.717, 1.165) is 22.3 Å². The molecular formula is C21H20N4O2. The summed E-state index contributed by atoms with van der Waals surface area (Å²) >= 11 is 0. The standard InChI is InChI=1S/C21H20N4O2/c1-21(2,3)27-20(26)23-15-10-8-14(9-11-15)17-12-13-22-19-24-16-6-4-5-7-18(16)25(17)19/h4-13H,1-3H3,(H,23,26). The topological polar surface area (TPSA) is 68.5 Å². The van der Waals surface area contributed by atoms with E-state index in [1.807, 2.05) is 79.8 Å². The number of anilines is 1. The van der Waals surface area contributed by atoms with Gasteiger partial charge in [0.25, 0.3) is 0 Å². The third-order valence-electron chi connectivity index (χ3n) is 4.03. The number of hydrogen-bond acceptors (Lipinski definition) is 4. The SMILES string of the molecule is CC(C)(C)OC(=O)Nc1ccc(-c2ccnc3nc4ccccc4n23)cc1. The number of ether oxygens (including phenoxy) is 1. The predicted molar refractivity (Wildman–Crippen MR) is 106 cm³/mol. The van der Waals surface area contributed by atoms with Crippen molar-refractivity contribution in [1.29, 1.82) is 0 Å². The molecule has 0 bridgehead atoms. The highest BCUT2D eigenvalue weighted by Crippen LogP contribution is 2.26. The molecule has 0 aliphatic rings. The van der Waals surface area contributed by atoms with Crippen LogP contribution >= 0.6 is 0 Å². The van der Waals surface area contributed by atoms with E-state index in [1.54, 1.807) is 6.20 Å². The number of imidazole rings is 1. The van der Waals surface area contributed by atoms with Gasteiger partial charge in [0.05, 0.1) is 16.7 Å². The first-order valence-electron chi connectivity index (χ1n) is 8.73. The Morgan fingerprint density at radius 3 is 2.52 bits per heavy atom. The molecule has 4 aromatic rings. The second-order valence-electron chi connectivity index (χ2n) is 7.27. The van der Waals surface area contributed by atoms with Gasteiger partial charge in [-0.25, -0.2) is 14.8 Å². The smallest absolute Gasteiger partial charge is 0.412 e. The normalized spacial score (nSPS) is 11.7. The Morgan fingerprint density at radius 2 is 1.78 bits per heavy atom. The Kier molecular flexibility index (Phi) is 4.03. The van der Waals surface area contributed by atoms with Gasteiger partial charge in [0, 0.05) is 11.9 Å². The van der Waals surface area contributed by atoms with Crippen LogP contribution in [-0.4, -0.2) is 26.1 Å². The number of para-hydroxylation sites is 2. The van der Waals surface area contributed by atoms with Crippen molar-refractivity contribution >= 4 is 28.6 Å². The van der Waals surface area contributed by atoms with Crippen LogP contribution in [0.5, 0.6) is 0 Å². The fourth-order valence-electron chi connectivity index (χ4n) is 2.96. The van der Waals surface area contributed by atoms with Gasteiger partial charge in [-0.05, 0) is 56.7 Å². The largest absolute Gasteiger partial charge is 0.444 e. The average Bonchev–Trinajstić information content (AvgIpc) is 2.99. The third-order valence-corrected chi connectivity index (χ3v) is 4.03. The quantitative estimate of drug-likeness (QED) is 0.552. The van der Waals surface area contributed by atoms with Crippen molar-refractivity contribution in [2.45, 2.75) is 26.4 Å². The average molecular weight is 360 g/mol. The Bertz CT molecular complexity index is 1120. The first kappa shape index (κ1) is 17.0. The van der Waals surface area contributed by atoms with Gasteiger partial charge in [-0.2, -0.15) is 0 Å². The van der Waals surface area contributed by atoms with Gasteiger partial charge in [-0.1, -0.05) is 24.3 Å². The van der Waals surface area contributed by atoms with Crippen LogP contribution in [0.1, 0.15) is 20.8 Å². The van der Waals surface area contributed by atoms with E-state index in [0.29, 0.717) is 11.5 Å². The molecule has 4 rings (SSSR count). The van der Waals surface area contributed by atoms with Gasteiger partial charge in [0.15, 0.2) is 0 Å². The molecule has 6 heteroatoms. The summed E-state index contributed by atoms with van der Waals surface area (Å²) in [5.41, 5.74) is 4.04. The van der Waals surface area contributed by atoms with Gasteiger partial charge in [0.2, 0.25) is 5.78 Å². The van der Waals surface area contributed by atoms with Gasteiger partial charge >= 0.3 is 6.09 Å². The molecule has 0 radical (unpaired) electrons. The third kappa shape index (κ3) is 3.46. The molecule has 6 nitrogen and oxygen atoms in total. The molecule has 0 atom stereocenters. The van der Waals surface area contributed by atoms with Crippen LogP contribution < -0.4 is 5.32 Å². The van der Waals surface area contributed by atoms with Gasteiger partial charge in [-0.15, -0.1) is 0 Å². The molecule has 1 N–H and O–H groups in total. The number of nitrogens with zero attached hydrogens (tertiary/aromatic N) is 3. The Hall–Kier alpha value is -3.41. The summed E-state index contributed by atoms with van der Waals surface area (Å²) in [5, 5.41) is 2.75. The number of amides is 1. The molecule has 0 saturated carbocycles. The summed E-state index contributed by atoms with van der Waals surface area (Å²) in [7, 11) is 0. The maximum atomic E-state index is 11.9. The van der Waals surface area contributed by atoms with Crippen molar-refractivity contribution in [2.75, 3.05) is 5.32 Å². The van der Waals surface area contributed by atoms with Crippen LogP contribution in [-0.2, 0) is 4.74 Å². The predicted octanol–water partition coefficient (Wildman–Crippen LogP) is 4.90. The van der Waals surface area contributed by atoms with Crippen LogP contribution in [0, 0.1) is 0 Å². The number of carbonyl (C=O) groups is 1. The Balaban J connectivity index is 1.67. The maximum absolute atomic E-state index is 11.9. The number of hydrogen-bond donors (Lipinski definition) is 1. The highest BCUT2D eigenvalue weighted by Gasteiger charge is 2.16. The van der Waals surface area contributed by atoms with Crippen molar-refractivity contribution < 1.29 is 9.53 Å². The lowest BCUT2D eigenvalue weighted by atomic mass is 10.1. The summed E-state index contributed by atoms with van der Waals surface area (Å²) in [5.74, 6) is 0.657. The molecule has 0 saturated heterocycles. The van der Waals surface area contributed by atoms with Gasteiger partial charge in [-0.3, -0.25) is 9.72 Å². The van der Waals surface area contributed by atoms with Crippen molar-refractivity contribution in [3.8, 4) is 11.3 Å². The molecule has 2 aromatic carbocycles. The van der Waals surface area contributed by atoms with Crippen molar-refractivity contribution in [3.63, 3.8) is 0 Å². The second kappa shape index (κ2) is 6.39. The zero-order valence-electron chi connectivity index (χ0n) is 15.4. The molecule has 2 aromatic heterocycles. The molecule has 0 fully saturated rings. The van der Waals surface area contributed by atoms with E-state index in [2.05, 4.69) is 15.3 Å². The molecule has 0 aliphatic carbocycles. The minimum absolute atomic E-state index is 0.470. The van der Waals surface area contributed by atoms with E-state index in [1.165, 1.54) is 0 Å². The summed E-state index contributed by atoms with van der Waals surface area (Å²) in [6.45, 7) is 5.50. The molecule has 0 aliphatic heterocycles. The van der Waals surface area contributed by atoms with Crippen molar-refractivity contribution in [3.05, 3.63) is 60.8 Å².